The van der Waals surface area contributed by atoms with Gasteiger partial charge in [0.05, 0.1) is 37.5 Å². The van der Waals surface area contributed by atoms with E-state index >= 15 is 0 Å². The maximum Gasteiger partial charge on any atom is 0.186 e. The van der Waals surface area contributed by atoms with Crippen LogP contribution in [0.4, 0.5) is 0 Å². The minimum Gasteiger partial charge on any atom is -0.346 e. The SMILES string of the molecule is c1ccc(CCC2(Cn3cnc(-c4ccccc4)c3-c3ccccc3)OCCO2)cc1. The van der Waals surface area contributed by atoms with E-state index in [1.807, 2.05) is 36.7 Å². The van der Waals surface area contributed by atoms with Gasteiger partial charge in [0.25, 0.3) is 0 Å². The molecule has 0 spiro atoms. The van der Waals surface area contributed by atoms with Gasteiger partial charge in [-0.3, -0.25) is 0 Å². The average molecular weight is 411 g/mol. The van der Waals surface area contributed by atoms with Crippen LogP contribution < -0.4 is 0 Å². The third-order valence-electron chi connectivity index (χ3n) is 5.79. The van der Waals surface area contributed by atoms with Crippen LogP contribution in [0, 0.1) is 0 Å². The maximum absolute atomic E-state index is 6.20. The molecule has 4 nitrogen and oxygen atoms in total. The molecule has 0 N–H and O–H groups in total. The zero-order valence-corrected chi connectivity index (χ0v) is 17.5. The quantitative estimate of drug-likeness (QED) is 0.398. The smallest absolute Gasteiger partial charge is 0.186 e. The molecule has 5 rings (SSSR count). The lowest BCUT2D eigenvalue weighted by atomic mass is 10.0. The van der Waals surface area contributed by atoms with E-state index in [0.29, 0.717) is 19.8 Å². The zero-order valence-electron chi connectivity index (χ0n) is 17.5. The second-order valence-electron chi connectivity index (χ2n) is 7.89. The van der Waals surface area contributed by atoms with Gasteiger partial charge in [0.1, 0.15) is 0 Å². The molecule has 1 aromatic heterocycles. The second-order valence-corrected chi connectivity index (χ2v) is 7.89. The van der Waals surface area contributed by atoms with Gasteiger partial charge in [0, 0.05) is 17.5 Å². The fraction of sp³-hybridized carbons (Fsp3) is 0.222. The molecule has 4 aromatic rings. The van der Waals surface area contributed by atoms with Crippen LogP contribution in [0.2, 0.25) is 0 Å². The lowest BCUT2D eigenvalue weighted by Crippen LogP contribution is -2.36. The molecule has 0 aliphatic carbocycles. The number of aromatic nitrogens is 2. The van der Waals surface area contributed by atoms with E-state index in [1.54, 1.807) is 0 Å². The highest BCUT2D eigenvalue weighted by Gasteiger charge is 2.37. The Labute approximate surface area is 183 Å². The van der Waals surface area contributed by atoms with E-state index in [1.165, 1.54) is 5.56 Å². The van der Waals surface area contributed by atoms with Crippen molar-refractivity contribution in [1.29, 1.82) is 0 Å². The first-order valence-corrected chi connectivity index (χ1v) is 10.8. The maximum atomic E-state index is 6.20. The molecule has 0 bridgehead atoms. The molecule has 1 aliphatic rings. The Morgan fingerprint density at radius 2 is 1.32 bits per heavy atom. The number of ether oxygens (including phenoxy) is 2. The summed E-state index contributed by atoms with van der Waals surface area (Å²) in [6.07, 6.45) is 3.62. The van der Waals surface area contributed by atoms with Crippen molar-refractivity contribution in [2.75, 3.05) is 13.2 Å². The molecule has 1 aliphatic heterocycles. The van der Waals surface area contributed by atoms with Crippen LogP contribution in [0.25, 0.3) is 22.5 Å². The van der Waals surface area contributed by atoms with Crippen molar-refractivity contribution in [2.45, 2.75) is 25.2 Å². The number of imidazole rings is 1. The molecule has 31 heavy (non-hydrogen) atoms. The number of benzene rings is 3. The predicted molar refractivity (Wildman–Crippen MR) is 122 cm³/mol. The Kier molecular flexibility index (Phi) is 5.65. The highest BCUT2D eigenvalue weighted by atomic mass is 16.7. The van der Waals surface area contributed by atoms with Crippen LogP contribution >= 0.6 is 0 Å². The van der Waals surface area contributed by atoms with Gasteiger partial charge in [-0.2, -0.15) is 0 Å². The summed E-state index contributed by atoms with van der Waals surface area (Å²) in [4.78, 5) is 4.81. The summed E-state index contributed by atoms with van der Waals surface area (Å²) in [6, 6.07) is 31.3. The van der Waals surface area contributed by atoms with Crippen LogP contribution in [-0.2, 0) is 22.4 Å². The van der Waals surface area contributed by atoms with E-state index in [2.05, 4.69) is 65.2 Å². The van der Waals surface area contributed by atoms with Gasteiger partial charge >= 0.3 is 0 Å². The summed E-state index contributed by atoms with van der Waals surface area (Å²) in [6.45, 7) is 1.84. The fourth-order valence-corrected chi connectivity index (χ4v) is 4.26. The average Bonchev–Trinajstić information content (AvgIpc) is 3.47. The topological polar surface area (TPSA) is 36.3 Å². The van der Waals surface area contributed by atoms with Crippen molar-refractivity contribution in [3.8, 4) is 22.5 Å². The molecule has 156 valence electrons. The van der Waals surface area contributed by atoms with Crippen molar-refractivity contribution >= 4 is 0 Å². The molecule has 0 atom stereocenters. The van der Waals surface area contributed by atoms with E-state index in [-0.39, 0.29) is 0 Å². The Hall–Kier alpha value is -3.21. The van der Waals surface area contributed by atoms with Crippen molar-refractivity contribution in [3.05, 3.63) is 103 Å². The summed E-state index contributed by atoms with van der Waals surface area (Å²) in [5.74, 6) is -0.645. The first-order valence-electron chi connectivity index (χ1n) is 10.8. The number of aryl methyl sites for hydroxylation is 1. The second kappa shape index (κ2) is 8.88. The van der Waals surface area contributed by atoms with Crippen LogP contribution in [0.3, 0.4) is 0 Å². The van der Waals surface area contributed by atoms with Gasteiger partial charge in [-0.1, -0.05) is 91.0 Å². The molecular formula is C27H26N2O2. The highest BCUT2D eigenvalue weighted by molar-refractivity contribution is 5.78. The zero-order chi connectivity index (χ0) is 20.9. The number of nitrogens with zero attached hydrogens (tertiary/aromatic N) is 2. The van der Waals surface area contributed by atoms with Crippen molar-refractivity contribution in [3.63, 3.8) is 0 Å². The van der Waals surface area contributed by atoms with Gasteiger partial charge in [-0.15, -0.1) is 0 Å². The molecule has 1 saturated heterocycles. The molecule has 4 heteroatoms. The third-order valence-corrected chi connectivity index (χ3v) is 5.79. The molecule has 1 fully saturated rings. The first-order chi connectivity index (χ1) is 15.3. The van der Waals surface area contributed by atoms with Crippen molar-refractivity contribution in [1.82, 2.24) is 9.55 Å². The van der Waals surface area contributed by atoms with Crippen LogP contribution in [0.5, 0.6) is 0 Å². The van der Waals surface area contributed by atoms with Crippen molar-refractivity contribution in [2.24, 2.45) is 0 Å². The van der Waals surface area contributed by atoms with Crippen LogP contribution in [0.15, 0.2) is 97.3 Å². The monoisotopic (exact) mass is 410 g/mol. The molecule has 0 unspecified atom stereocenters. The number of rotatable bonds is 7. The fourth-order valence-electron chi connectivity index (χ4n) is 4.26. The number of hydrogen-bond donors (Lipinski definition) is 0. The largest absolute Gasteiger partial charge is 0.346 e. The standard InChI is InChI=1S/C27H26N2O2/c1-4-10-22(11-5-1)16-17-27(30-18-19-31-27)20-29-21-28-25(23-12-6-2-7-13-23)26(29)24-14-8-3-9-15-24/h1-15,21H,16-20H2. The normalized spacial score (nSPS) is 15.2. The van der Waals surface area contributed by atoms with Gasteiger partial charge < -0.3 is 14.0 Å². The minimum absolute atomic E-state index is 0.601. The van der Waals surface area contributed by atoms with Gasteiger partial charge in [0.2, 0.25) is 0 Å². The van der Waals surface area contributed by atoms with E-state index in [4.69, 9.17) is 14.5 Å². The van der Waals surface area contributed by atoms with Gasteiger partial charge in [-0.05, 0) is 12.0 Å². The Morgan fingerprint density at radius 3 is 1.97 bits per heavy atom. The van der Waals surface area contributed by atoms with Crippen LogP contribution in [0.1, 0.15) is 12.0 Å². The molecule has 0 radical (unpaired) electrons. The van der Waals surface area contributed by atoms with Gasteiger partial charge in [0.15, 0.2) is 5.79 Å². The summed E-state index contributed by atoms with van der Waals surface area (Å²) in [5, 5.41) is 0. The summed E-state index contributed by atoms with van der Waals surface area (Å²) in [5.41, 5.74) is 5.59. The highest BCUT2D eigenvalue weighted by Crippen LogP contribution is 2.34. The van der Waals surface area contributed by atoms with E-state index in [0.717, 1.165) is 35.4 Å². The summed E-state index contributed by atoms with van der Waals surface area (Å²) >= 11 is 0. The van der Waals surface area contributed by atoms with Crippen molar-refractivity contribution < 1.29 is 9.47 Å². The minimum atomic E-state index is -0.645. The Morgan fingerprint density at radius 1 is 0.742 bits per heavy atom. The lowest BCUT2D eigenvalue weighted by molar-refractivity contribution is -0.171. The first kappa shape index (κ1) is 19.7. The molecule has 0 saturated carbocycles. The van der Waals surface area contributed by atoms with Crippen LogP contribution in [-0.4, -0.2) is 28.6 Å². The Balaban J connectivity index is 1.49. The third kappa shape index (κ3) is 4.31. The predicted octanol–water partition coefficient (Wildman–Crippen LogP) is 5.59. The summed E-state index contributed by atoms with van der Waals surface area (Å²) < 4.78 is 14.6. The molecular weight excluding hydrogens is 384 g/mol. The number of hydrogen-bond acceptors (Lipinski definition) is 3. The van der Waals surface area contributed by atoms with E-state index in [9.17, 15) is 0 Å². The lowest BCUT2D eigenvalue weighted by Gasteiger charge is -2.29. The Bertz CT molecular complexity index is 1100. The summed E-state index contributed by atoms with van der Waals surface area (Å²) in [7, 11) is 0. The molecule has 2 heterocycles. The molecule has 0 amide bonds. The van der Waals surface area contributed by atoms with E-state index < -0.39 is 5.79 Å². The molecule has 3 aromatic carbocycles. The van der Waals surface area contributed by atoms with Gasteiger partial charge in [-0.25, -0.2) is 4.98 Å².